The fourth-order valence-electron chi connectivity index (χ4n) is 2.63. The van der Waals surface area contributed by atoms with Gasteiger partial charge in [0.25, 0.3) is 0 Å². The Balaban J connectivity index is 1.92. The van der Waals surface area contributed by atoms with E-state index in [-0.39, 0.29) is 0 Å². The maximum atomic E-state index is 11.4. The predicted octanol–water partition coefficient (Wildman–Crippen LogP) is 3.00. The molecule has 1 fully saturated rings. The Labute approximate surface area is 124 Å². The van der Waals surface area contributed by atoms with Crippen molar-refractivity contribution in [3.63, 3.8) is 0 Å². The minimum Gasteiger partial charge on any atom is -0.481 e. The number of nitrogens with one attached hydrogen (secondary N) is 1. The van der Waals surface area contributed by atoms with Gasteiger partial charge < -0.3 is 15.0 Å². The van der Waals surface area contributed by atoms with Crippen molar-refractivity contribution < 1.29 is 9.90 Å². The van der Waals surface area contributed by atoms with Gasteiger partial charge in [-0.3, -0.25) is 4.79 Å². The van der Waals surface area contributed by atoms with E-state index in [4.69, 9.17) is 0 Å². The Morgan fingerprint density at radius 2 is 2.10 bits per heavy atom. The van der Waals surface area contributed by atoms with E-state index < -0.39 is 11.4 Å². The number of benzene rings is 1. The highest BCUT2D eigenvalue weighted by molar-refractivity contribution is 5.84. The lowest BCUT2D eigenvalue weighted by atomic mass is 9.94. The largest absolute Gasteiger partial charge is 0.481 e. The highest BCUT2D eigenvalue weighted by atomic mass is 16.4. The molecule has 2 N–H and O–H groups in total. The molecule has 1 aliphatic carbocycles. The molecule has 0 radical (unpaired) electrons. The summed E-state index contributed by atoms with van der Waals surface area (Å²) in [5.74, 6) is -0.766. The second-order valence-electron chi connectivity index (χ2n) is 6.64. The molecular weight excluding hydrogens is 264 g/mol. The standard InChI is InChI=1S/C17H22N2O2/c1-17(2,16(20)21)11-19-10-12(9-18-13-7-8-13)14-5-3-4-6-15(14)19/h3-6,10,13,18H,7-9,11H2,1-2H3,(H,20,21). The molecule has 0 spiro atoms. The molecule has 2 aromatic rings. The molecular formula is C17H22N2O2. The highest BCUT2D eigenvalue weighted by Gasteiger charge is 2.28. The summed E-state index contributed by atoms with van der Waals surface area (Å²) in [6, 6.07) is 8.89. The van der Waals surface area contributed by atoms with Gasteiger partial charge in [0.15, 0.2) is 0 Å². The van der Waals surface area contributed by atoms with Crippen molar-refractivity contribution in [2.24, 2.45) is 5.41 Å². The van der Waals surface area contributed by atoms with E-state index in [9.17, 15) is 9.90 Å². The normalized spacial score (nSPS) is 15.5. The van der Waals surface area contributed by atoms with Gasteiger partial charge in [-0.25, -0.2) is 0 Å². The van der Waals surface area contributed by atoms with Crippen molar-refractivity contribution in [1.29, 1.82) is 0 Å². The lowest BCUT2D eigenvalue weighted by Gasteiger charge is -2.20. The number of carbonyl (C=O) groups is 1. The monoisotopic (exact) mass is 286 g/mol. The Bertz CT molecular complexity index is 668. The lowest BCUT2D eigenvalue weighted by molar-refractivity contribution is -0.147. The number of para-hydroxylation sites is 1. The van der Waals surface area contributed by atoms with Crippen molar-refractivity contribution in [2.45, 2.75) is 45.8 Å². The van der Waals surface area contributed by atoms with Crippen molar-refractivity contribution in [2.75, 3.05) is 0 Å². The van der Waals surface area contributed by atoms with Crippen LogP contribution in [0.1, 0.15) is 32.3 Å². The minimum atomic E-state index is -0.775. The number of fused-ring (bicyclic) bond motifs is 1. The van der Waals surface area contributed by atoms with Gasteiger partial charge in [-0.15, -0.1) is 0 Å². The van der Waals surface area contributed by atoms with E-state index in [1.807, 2.05) is 12.1 Å². The molecule has 0 atom stereocenters. The van der Waals surface area contributed by atoms with Crippen LogP contribution in [0.2, 0.25) is 0 Å². The first kappa shape index (κ1) is 14.1. The zero-order valence-electron chi connectivity index (χ0n) is 12.6. The Morgan fingerprint density at radius 3 is 2.76 bits per heavy atom. The number of aliphatic carboxylic acids is 1. The molecule has 0 amide bonds. The van der Waals surface area contributed by atoms with Crippen molar-refractivity contribution >= 4 is 16.9 Å². The van der Waals surface area contributed by atoms with Crippen LogP contribution in [-0.4, -0.2) is 21.7 Å². The SMILES string of the molecule is CC(C)(Cn1cc(CNC2CC2)c2ccccc21)C(=O)O. The second-order valence-corrected chi connectivity index (χ2v) is 6.64. The first-order valence-corrected chi connectivity index (χ1v) is 7.51. The number of carboxylic acids is 1. The van der Waals surface area contributed by atoms with Gasteiger partial charge in [0.05, 0.1) is 5.41 Å². The van der Waals surface area contributed by atoms with Crippen LogP contribution in [0.5, 0.6) is 0 Å². The molecule has 0 unspecified atom stereocenters. The van der Waals surface area contributed by atoms with E-state index in [2.05, 4.69) is 28.2 Å². The maximum absolute atomic E-state index is 11.4. The number of rotatable bonds is 6. The third-order valence-corrected chi connectivity index (χ3v) is 4.17. The molecule has 0 saturated heterocycles. The number of hydrogen-bond acceptors (Lipinski definition) is 2. The van der Waals surface area contributed by atoms with E-state index >= 15 is 0 Å². The lowest BCUT2D eigenvalue weighted by Crippen LogP contribution is -2.28. The fourth-order valence-corrected chi connectivity index (χ4v) is 2.63. The van der Waals surface area contributed by atoms with Crippen LogP contribution in [0.3, 0.4) is 0 Å². The molecule has 0 aliphatic heterocycles. The summed E-state index contributed by atoms with van der Waals surface area (Å²) in [6.07, 6.45) is 4.64. The van der Waals surface area contributed by atoms with Gasteiger partial charge in [0.1, 0.15) is 0 Å². The van der Waals surface area contributed by atoms with E-state index in [0.29, 0.717) is 12.6 Å². The number of aromatic nitrogens is 1. The van der Waals surface area contributed by atoms with Gasteiger partial charge in [0, 0.05) is 36.2 Å². The van der Waals surface area contributed by atoms with Gasteiger partial charge >= 0.3 is 5.97 Å². The molecule has 1 aromatic heterocycles. The Morgan fingerprint density at radius 1 is 1.38 bits per heavy atom. The molecule has 112 valence electrons. The number of carboxylic acid groups (broad SMARTS) is 1. The summed E-state index contributed by atoms with van der Waals surface area (Å²) in [6.45, 7) is 4.87. The zero-order chi connectivity index (χ0) is 15.0. The minimum absolute atomic E-state index is 0.478. The number of nitrogens with zero attached hydrogens (tertiary/aromatic N) is 1. The van der Waals surface area contributed by atoms with Crippen LogP contribution < -0.4 is 5.32 Å². The van der Waals surface area contributed by atoms with Crippen molar-refractivity contribution in [3.05, 3.63) is 36.0 Å². The van der Waals surface area contributed by atoms with Gasteiger partial charge in [0.2, 0.25) is 0 Å². The second kappa shape index (κ2) is 5.19. The van der Waals surface area contributed by atoms with Crippen LogP contribution >= 0.6 is 0 Å². The third kappa shape index (κ3) is 2.95. The molecule has 21 heavy (non-hydrogen) atoms. The third-order valence-electron chi connectivity index (χ3n) is 4.17. The Hall–Kier alpha value is -1.81. The average molecular weight is 286 g/mol. The van der Waals surface area contributed by atoms with Gasteiger partial charge in [-0.05, 0) is 38.3 Å². The summed E-state index contributed by atoms with van der Waals surface area (Å²) >= 11 is 0. The zero-order valence-corrected chi connectivity index (χ0v) is 12.6. The molecule has 1 saturated carbocycles. The quantitative estimate of drug-likeness (QED) is 0.858. The van der Waals surface area contributed by atoms with Gasteiger partial charge in [-0.2, -0.15) is 0 Å². The van der Waals surface area contributed by atoms with E-state index in [1.165, 1.54) is 23.8 Å². The van der Waals surface area contributed by atoms with Crippen molar-refractivity contribution in [1.82, 2.24) is 9.88 Å². The molecule has 3 rings (SSSR count). The highest BCUT2D eigenvalue weighted by Crippen LogP contribution is 2.27. The predicted molar refractivity (Wildman–Crippen MR) is 83.2 cm³/mol. The molecule has 1 heterocycles. The number of hydrogen-bond donors (Lipinski definition) is 2. The molecule has 1 aliphatic rings. The maximum Gasteiger partial charge on any atom is 0.310 e. The van der Waals surface area contributed by atoms with E-state index in [0.717, 1.165) is 12.1 Å². The van der Waals surface area contributed by atoms with Crippen LogP contribution in [-0.2, 0) is 17.9 Å². The fraction of sp³-hybridized carbons (Fsp3) is 0.471. The van der Waals surface area contributed by atoms with Crippen LogP contribution in [0, 0.1) is 5.41 Å². The topological polar surface area (TPSA) is 54.3 Å². The first-order chi connectivity index (χ1) is 9.97. The van der Waals surface area contributed by atoms with Crippen LogP contribution in [0.15, 0.2) is 30.5 Å². The van der Waals surface area contributed by atoms with Crippen molar-refractivity contribution in [3.8, 4) is 0 Å². The molecule has 4 heteroatoms. The smallest absolute Gasteiger partial charge is 0.310 e. The summed E-state index contributed by atoms with van der Waals surface area (Å²) in [4.78, 5) is 11.4. The first-order valence-electron chi connectivity index (χ1n) is 7.51. The molecule has 0 bridgehead atoms. The molecule has 4 nitrogen and oxygen atoms in total. The summed E-state index contributed by atoms with van der Waals surface area (Å²) in [7, 11) is 0. The average Bonchev–Trinajstić information content (AvgIpc) is 3.21. The van der Waals surface area contributed by atoms with Crippen LogP contribution in [0.25, 0.3) is 10.9 Å². The summed E-state index contributed by atoms with van der Waals surface area (Å²) < 4.78 is 2.08. The Kier molecular flexibility index (Phi) is 3.49. The van der Waals surface area contributed by atoms with E-state index in [1.54, 1.807) is 13.8 Å². The summed E-state index contributed by atoms with van der Waals surface area (Å²) in [5.41, 5.74) is 1.58. The summed E-state index contributed by atoms with van der Waals surface area (Å²) in [5, 5.41) is 14.1. The van der Waals surface area contributed by atoms with Gasteiger partial charge in [-0.1, -0.05) is 18.2 Å². The molecule has 1 aromatic carbocycles. The van der Waals surface area contributed by atoms with Crippen LogP contribution in [0.4, 0.5) is 0 Å².